The number of hydrogen-bond acceptors (Lipinski definition) is 2. The highest BCUT2D eigenvalue weighted by molar-refractivity contribution is 7.89. The van der Waals surface area contributed by atoms with Gasteiger partial charge in [0.25, 0.3) is 0 Å². The Kier molecular flexibility index (Phi) is 3.65. The van der Waals surface area contributed by atoms with Crippen LogP contribution in [0.1, 0.15) is 45.6 Å². The Bertz CT molecular complexity index is 638. The van der Waals surface area contributed by atoms with E-state index < -0.39 is 10.0 Å². The van der Waals surface area contributed by atoms with Crippen molar-refractivity contribution >= 4 is 10.0 Å². The smallest absolute Gasteiger partial charge is 0.207 e. The maximum absolute atomic E-state index is 12.7. The number of sulfonamides is 1. The van der Waals surface area contributed by atoms with E-state index in [0.717, 1.165) is 24.8 Å². The van der Waals surface area contributed by atoms with Crippen LogP contribution in [-0.2, 0) is 16.4 Å². The molecule has 0 unspecified atom stereocenters. The van der Waals surface area contributed by atoms with Gasteiger partial charge in [0, 0.05) is 5.54 Å². The summed E-state index contributed by atoms with van der Waals surface area (Å²) in [4.78, 5) is 0.469. The zero-order valence-corrected chi connectivity index (χ0v) is 13.9. The van der Waals surface area contributed by atoms with E-state index in [4.69, 9.17) is 0 Å². The third-order valence-electron chi connectivity index (χ3n) is 5.30. The third kappa shape index (κ3) is 2.53. The molecular weight excluding hydrogens is 282 g/mol. The van der Waals surface area contributed by atoms with Gasteiger partial charge in [0.15, 0.2) is 0 Å². The van der Waals surface area contributed by atoms with Crippen molar-refractivity contribution in [2.24, 2.45) is 17.8 Å². The van der Waals surface area contributed by atoms with Crippen LogP contribution in [0.5, 0.6) is 0 Å². The van der Waals surface area contributed by atoms with Crippen LogP contribution in [0.2, 0.25) is 0 Å². The maximum Gasteiger partial charge on any atom is 0.241 e. The van der Waals surface area contributed by atoms with Gasteiger partial charge in [-0.15, -0.1) is 0 Å². The van der Waals surface area contributed by atoms with Crippen molar-refractivity contribution in [2.75, 3.05) is 0 Å². The molecule has 1 aliphatic carbocycles. The maximum atomic E-state index is 12.7. The first-order valence-corrected chi connectivity index (χ1v) is 9.44. The van der Waals surface area contributed by atoms with Gasteiger partial charge in [0.05, 0.1) is 4.90 Å². The van der Waals surface area contributed by atoms with Gasteiger partial charge in [-0.1, -0.05) is 45.4 Å². The van der Waals surface area contributed by atoms with Crippen molar-refractivity contribution in [3.63, 3.8) is 0 Å². The van der Waals surface area contributed by atoms with Crippen molar-refractivity contribution < 1.29 is 8.42 Å². The summed E-state index contributed by atoms with van der Waals surface area (Å²) in [5.74, 6) is 1.48. The molecule has 1 heterocycles. The Balaban J connectivity index is 2.10. The molecule has 1 aliphatic heterocycles. The van der Waals surface area contributed by atoms with Crippen molar-refractivity contribution in [3.8, 4) is 0 Å². The molecular formula is C17H25NO2S. The normalized spacial score (nSPS) is 34.9. The molecule has 1 spiro atoms. The van der Waals surface area contributed by atoms with Crippen LogP contribution in [-0.4, -0.2) is 14.0 Å². The Morgan fingerprint density at radius 2 is 1.95 bits per heavy atom. The summed E-state index contributed by atoms with van der Waals surface area (Å²) in [7, 11) is -3.39. The number of fused-ring (bicyclic) bond motifs is 1. The first-order valence-electron chi connectivity index (χ1n) is 7.96. The van der Waals surface area contributed by atoms with Gasteiger partial charge in [-0.05, 0) is 48.6 Å². The highest BCUT2D eigenvalue weighted by Gasteiger charge is 2.49. The zero-order valence-electron chi connectivity index (χ0n) is 13.1. The molecule has 0 saturated heterocycles. The fourth-order valence-corrected chi connectivity index (χ4v) is 6.21. The third-order valence-corrected chi connectivity index (χ3v) is 6.96. The van der Waals surface area contributed by atoms with Gasteiger partial charge in [0.1, 0.15) is 0 Å². The summed E-state index contributed by atoms with van der Waals surface area (Å²) < 4.78 is 28.5. The molecule has 4 heteroatoms. The van der Waals surface area contributed by atoms with Crippen LogP contribution < -0.4 is 4.72 Å². The number of benzene rings is 1. The number of nitrogens with one attached hydrogen (secondary N) is 1. The minimum Gasteiger partial charge on any atom is -0.207 e. The van der Waals surface area contributed by atoms with Crippen molar-refractivity contribution in [1.82, 2.24) is 4.72 Å². The van der Waals surface area contributed by atoms with E-state index in [1.807, 2.05) is 12.1 Å². The minimum absolute atomic E-state index is 0.293. The average molecular weight is 307 g/mol. The second-order valence-electron chi connectivity index (χ2n) is 7.28. The molecule has 2 aliphatic rings. The van der Waals surface area contributed by atoms with E-state index in [1.165, 1.54) is 6.42 Å². The van der Waals surface area contributed by atoms with Crippen molar-refractivity contribution in [3.05, 3.63) is 29.8 Å². The summed E-state index contributed by atoms with van der Waals surface area (Å²) in [5.41, 5.74) is 0.690. The Morgan fingerprint density at radius 1 is 1.24 bits per heavy atom. The molecule has 1 aromatic rings. The fourth-order valence-electron chi connectivity index (χ4n) is 4.52. The number of rotatable bonds is 1. The van der Waals surface area contributed by atoms with Crippen molar-refractivity contribution in [2.45, 2.75) is 56.9 Å². The summed E-state index contributed by atoms with van der Waals surface area (Å²) in [6.07, 6.45) is 4.09. The fraction of sp³-hybridized carbons (Fsp3) is 0.647. The van der Waals surface area contributed by atoms with Gasteiger partial charge in [-0.25, -0.2) is 13.1 Å². The molecule has 3 nitrogen and oxygen atoms in total. The lowest BCUT2D eigenvalue weighted by Crippen LogP contribution is -2.61. The molecule has 1 N–H and O–H groups in total. The van der Waals surface area contributed by atoms with E-state index in [2.05, 4.69) is 25.5 Å². The molecule has 0 radical (unpaired) electrons. The predicted molar refractivity (Wildman–Crippen MR) is 84.5 cm³/mol. The number of hydrogen-bond donors (Lipinski definition) is 1. The van der Waals surface area contributed by atoms with Gasteiger partial charge >= 0.3 is 0 Å². The average Bonchev–Trinajstić information content (AvgIpc) is 2.37. The quantitative estimate of drug-likeness (QED) is 0.865. The molecule has 21 heavy (non-hydrogen) atoms. The largest absolute Gasteiger partial charge is 0.241 e. The van der Waals surface area contributed by atoms with Crippen molar-refractivity contribution in [1.29, 1.82) is 0 Å². The first kappa shape index (κ1) is 15.0. The lowest BCUT2D eigenvalue weighted by molar-refractivity contribution is 0.0914. The summed E-state index contributed by atoms with van der Waals surface area (Å²) in [6.45, 7) is 6.68. The van der Waals surface area contributed by atoms with E-state index in [1.54, 1.807) is 12.1 Å². The molecule has 0 bridgehead atoms. The SMILES string of the molecule is CC(C)[C@@H]1CC[C@@H](C)C[C@@]12Cc1ccccc1S(=O)(=O)N2. The topological polar surface area (TPSA) is 46.2 Å². The van der Waals surface area contributed by atoms with E-state index >= 15 is 0 Å². The van der Waals surface area contributed by atoms with E-state index in [9.17, 15) is 8.42 Å². The Hall–Kier alpha value is -0.870. The van der Waals surface area contributed by atoms with Crippen LogP contribution in [0.3, 0.4) is 0 Å². The lowest BCUT2D eigenvalue weighted by Gasteiger charge is -2.50. The van der Waals surface area contributed by atoms with Gasteiger partial charge in [-0.2, -0.15) is 0 Å². The molecule has 116 valence electrons. The van der Waals surface area contributed by atoms with Crippen LogP contribution in [0, 0.1) is 17.8 Å². The molecule has 3 rings (SSSR count). The molecule has 3 atom stereocenters. The van der Waals surface area contributed by atoms with Gasteiger partial charge in [-0.3, -0.25) is 0 Å². The molecule has 0 amide bonds. The second-order valence-corrected chi connectivity index (χ2v) is 8.93. The second kappa shape index (κ2) is 5.10. The van der Waals surface area contributed by atoms with Gasteiger partial charge < -0.3 is 0 Å². The van der Waals surface area contributed by atoms with Crippen LogP contribution in [0.25, 0.3) is 0 Å². The van der Waals surface area contributed by atoms with Crippen LogP contribution >= 0.6 is 0 Å². The molecule has 1 fully saturated rings. The Labute approximate surface area is 128 Å². The highest BCUT2D eigenvalue weighted by Crippen LogP contribution is 2.46. The zero-order chi connectivity index (χ0) is 15.3. The summed E-state index contributed by atoms with van der Waals surface area (Å²) >= 11 is 0. The first-order chi connectivity index (χ1) is 9.84. The molecule has 1 aromatic carbocycles. The van der Waals surface area contributed by atoms with Crippen LogP contribution in [0.15, 0.2) is 29.2 Å². The predicted octanol–water partition coefficient (Wildman–Crippen LogP) is 3.35. The van der Waals surface area contributed by atoms with E-state index in [0.29, 0.717) is 22.6 Å². The lowest BCUT2D eigenvalue weighted by atomic mass is 9.63. The standard InChI is InChI=1S/C17H25NO2S/c1-12(2)15-9-8-13(3)10-17(15)11-14-6-4-5-7-16(14)21(19,20)18-17/h4-7,12-13,15,18H,8-11H2,1-3H3/t13-,15+,17-/m1/s1. The summed E-state index contributed by atoms with van der Waals surface area (Å²) in [6, 6.07) is 7.46. The summed E-state index contributed by atoms with van der Waals surface area (Å²) in [5, 5.41) is 0. The minimum atomic E-state index is -3.39. The highest BCUT2D eigenvalue weighted by atomic mass is 32.2. The van der Waals surface area contributed by atoms with Crippen LogP contribution in [0.4, 0.5) is 0 Å². The van der Waals surface area contributed by atoms with E-state index in [-0.39, 0.29) is 5.54 Å². The Morgan fingerprint density at radius 3 is 2.67 bits per heavy atom. The van der Waals surface area contributed by atoms with Gasteiger partial charge in [0.2, 0.25) is 10.0 Å². The monoisotopic (exact) mass is 307 g/mol. The molecule has 0 aromatic heterocycles. The molecule has 1 saturated carbocycles.